The van der Waals surface area contributed by atoms with Gasteiger partial charge in [-0.25, -0.2) is 4.79 Å². The second-order valence-corrected chi connectivity index (χ2v) is 8.96. The molecule has 2 fully saturated rings. The molecule has 0 radical (unpaired) electrons. The first-order valence-corrected chi connectivity index (χ1v) is 9.92. The van der Waals surface area contributed by atoms with Gasteiger partial charge in [-0.05, 0) is 45.9 Å². The lowest BCUT2D eigenvalue weighted by atomic mass is 10.0. The van der Waals surface area contributed by atoms with Crippen molar-refractivity contribution < 1.29 is 9.53 Å². The summed E-state index contributed by atoms with van der Waals surface area (Å²) in [6, 6.07) is 12.4. The van der Waals surface area contributed by atoms with Crippen LogP contribution in [0.4, 0.5) is 10.6 Å². The van der Waals surface area contributed by atoms with Gasteiger partial charge in [0, 0.05) is 43.6 Å². The van der Waals surface area contributed by atoms with E-state index in [1.807, 2.05) is 37.8 Å². The third kappa shape index (κ3) is 3.96. The van der Waals surface area contributed by atoms with Crippen LogP contribution < -0.4 is 4.90 Å². The van der Waals surface area contributed by atoms with Crippen LogP contribution >= 0.6 is 0 Å². The summed E-state index contributed by atoms with van der Waals surface area (Å²) in [4.78, 5) is 16.4. The van der Waals surface area contributed by atoms with Gasteiger partial charge in [0.15, 0.2) is 5.82 Å². The van der Waals surface area contributed by atoms with Crippen LogP contribution in [-0.2, 0) is 4.74 Å². The Morgan fingerprint density at radius 3 is 2.32 bits per heavy atom. The maximum atomic E-state index is 12.3. The van der Waals surface area contributed by atoms with Crippen LogP contribution in [-0.4, -0.2) is 53.0 Å². The molecule has 4 rings (SSSR count). The highest BCUT2D eigenvalue weighted by Gasteiger charge is 2.43. The Labute approximate surface area is 166 Å². The molecule has 0 N–H and O–H groups in total. The molecule has 148 valence electrons. The van der Waals surface area contributed by atoms with E-state index in [4.69, 9.17) is 4.74 Å². The van der Waals surface area contributed by atoms with Crippen molar-refractivity contribution in [3.63, 3.8) is 0 Å². The van der Waals surface area contributed by atoms with Gasteiger partial charge in [0.2, 0.25) is 0 Å². The molecular weight excluding hydrogens is 352 g/mol. The minimum absolute atomic E-state index is 0.198. The predicted octanol–water partition coefficient (Wildman–Crippen LogP) is 3.76. The second-order valence-electron chi connectivity index (χ2n) is 8.96. The number of hydrogen-bond acceptors (Lipinski definition) is 5. The largest absolute Gasteiger partial charge is 0.444 e. The number of benzene rings is 1. The Morgan fingerprint density at radius 1 is 1.04 bits per heavy atom. The molecule has 1 aromatic carbocycles. The monoisotopic (exact) mass is 380 g/mol. The fourth-order valence-electron chi connectivity index (χ4n) is 4.11. The van der Waals surface area contributed by atoms with E-state index >= 15 is 0 Å². The van der Waals surface area contributed by atoms with Crippen molar-refractivity contribution in [3.8, 4) is 11.3 Å². The van der Waals surface area contributed by atoms with Gasteiger partial charge in [0.05, 0.1) is 5.69 Å². The predicted molar refractivity (Wildman–Crippen MR) is 109 cm³/mol. The van der Waals surface area contributed by atoms with Gasteiger partial charge in [-0.1, -0.05) is 23.8 Å². The Hall–Kier alpha value is -2.63. The van der Waals surface area contributed by atoms with Gasteiger partial charge in [0.1, 0.15) is 5.60 Å². The summed E-state index contributed by atoms with van der Waals surface area (Å²) in [7, 11) is 0. The average Bonchev–Trinajstić information content (AvgIpc) is 3.19. The van der Waals surface area contributed by atoms with Gasteiger partial charge >= 0.3 is 6.09 Å². The van der Waals surface area contributed by atoms with Crippen molar-refractivity contribution in [2.24, 2.45) is 11.8 Å². The molecule has 2 atom stereocenters. The number of carbonyl (C=O) groups is 1. The first-order valence-electron chi connectivity index (χ1n) is 9.92. The number of aryl methyl sites for hydroxylation is 1. The highest BCUT2D eigenvalue weighted by atomic mass is 16.6. The number of anilines is 1. The van der Waals surface area contributed by atoms with Gasteiger partial charge in [-0.2, -0.15) is 0 Å². The molecule has 2 aromatic rings. The van der Waals surface area contributed by atoms with Crippen molar-refractivity contribution >= 4 is 11.9 Å². The van der Waals surface area contributed by atoms with Crippen molar-refractivity contribution in [2.75, 3.05) is 31.1 Å². The van der Waals surface area contributed by atoms with Crippen LogP contribution in [0.15, 0.2) is 36.4 Å². The molecule has 1 aromatic heterocycles. The summed E-state index contributed by atoms with van der Waals surface area (Å²) in [6.07, 6.45) is -0.198. The lowest BCUT2D eigenvalue weighted by molar-refractivity contribution is 0.0282. The minimum Gasteiger partial charge on any atom is -0.444 e. The Kier molecular flexibility index (Phi) is 4.73. The molecule has 2 aliphatic rings. The minimum atomic E-state index is -0.449. The first kappa shape index (κ1) is 18.7. The number of aromatic nitrogens is 2. The highest BCUT2D eigenvalue weighted by molar-refractivity contribution is 5.68. The van der Waals surface area contributed by atoms with Crippen molar-refractivity contribution in [1.29, 1.82) is 0 Å². The van der Waals surface area contributed by atoms with E-state index in [2.05, 4.69) is 46.3 Å². The molecule has 3 heterocycles. The zero-order valence-electron chi connectivity index (χ0n) is 17.1. The van der Waals surface area contributed by atoms with Crippen molar-refractivity contribution in [3.05, 3.63) is 42.0 Å². The topological polar surface area (TPSA) is 58.6 Å². The Morgan fingerprint density at radius 2 is 1.75 bits per heavy atom. The molecule has 6 heteroatoms. The average molecular weight is 380 g/mol. The van der Waals surface area contributed by atoms with E-state index in [0.717, 1.165) is 43.3 Å². The van der Waals surface area contributed by atoms with E-state index < -0.39 is 5.60 Å². The summed E-state index contributed by atoms with van der Waals surface area (Å²) >= 11 is 0. The summed E-state index contributed by atoms with van der Waals surface area (Å²) < 4.78 is 5.51. The normalized spacial score (nSPS) is 21.7. The summed E-state index contributed by atoms with van der Waals surface area (Å²) in [5.74, 6) is 1.84. The fraction of sp³-hybridized carbons (Fsp3) is 0.500. The smallest absolute Gasteiger partial charge is 0.410 e. The van der Waals surface area contributed by atoms with Gasteiger partial charge in [-0.3, -0.25) is 0 Å². The molecule has 0 aliphatic carbocycles. The lowest BCUT2D eigenvalue weighted by Crippen LogP contribution is -2.37. The van der Waals surface area contributed by atoms with E-state index in [9.17, 15) is 4.79 Å². The maximum absolute atomic E-state index is 12.3. The standard InChI is InChI=1S/C22H28N4O2/c1-15-6-5-7-16(10-15)19-8-9-20(24-23-19)25-11-17-13-26(14-18(17)12-25)21(27)28-22(2,3)4/h5-10,17-18H,11-14H2,1-4H3. The van der Waals surface area contributed by atoms with E-state index in [-0.39, 0.29) is 6.09 Å². The second kappa shape index (κ2) is 7.08. The quantitative estimate of drug-likeness (QED) is 0.794. The molecule has 2 saturated heterocycles. The fourth-order valence-corrected chi connectivity index (χ4v) is 4.11. The molecule has 28 heavy (non-hydrogen) atoms. The first-order chi connectivity index (χ1) is 13.3. The van der Waals surface area contributed by atoms with Crippen LogP contribution in [0.2, 0.25) is 0 Å². The number of carbonyl (C=O) groups excluding carboxylic acids is 1. The summed E-state index contributed by atoms with van der Waals surface area (Å²) in [5, 5.41) is 8.90. The van der Waals surface area contributed by atoms with Gasteiger partial charge < -0.3 is 14.5 Å². The van der Waals surface area contributed by atoms with Crippen LogP contribution in [0, 0.1) is 18.8 Å². The molecule has 2 aliphatic heterocycles. The third-order valence-corrected chi connectivity index (χ3v) is 5.43. The summed E-state index contributed by atoms with van der Waals surface area (Å²) in [5.41, 5.74) is 2.74. The van der Waals surface area contributed by atoms with Crippen LogP contribution in [0.1, 0.15) is 26.3 Å². The van der Waals surface area contributed by atoms with Crippen molar-refractivity contribution in [1.82, 2.24) is 15.1 Å². The Balaban J connectivity index is 1.38. The van der Waals surface area contributed by atoms with E-state index in [0.29, 0.717) is 11.8 Å². The highest BCUT2D eigenvalue weighted by Crippen LogP contribution is 2.34. The molecule has 2 unspecified atom stereocenters. The van der Waals surface area contributed by atoms with E-state index in [1.165, 1.54) is 5.56 Å². The molecule has 1 amide bonds. The number of ether oxygens (including phenoxy) is 1. The number of likely N-dealkylation sites (tertiary alicyclic amines) is 1. The SMILES string of the molecule is Cc1cccc(-c2ccc(N3CC4CN(C(=O)OC(C)(C)C)CC4C3)nn2)c1. The van der Waals surface area contributed by atoms with Crippen LogP contribution in [0.3, 0.4) is 0 Å². The number of amides is 1. The zero-order valence-corrected chi connectivity index (χ0v) is 17.1. The van der Waals surface area contributed by atoms with Crippen LogP contribution in [0.25, 0.3) is 11.3 Å². The number of nitrogens with zero attached hydrogens (tertiary/aromatic N) is 4. The maximum Gasteiger partial charge on any atom is 0.410 e. The number of fused-ring (bicyclic) bond motifs is 1. The zero-order chi connectivity index (χ0) is 19.9. The Bertz CT molecular complexity index is 846. The third-order valence-electron chi connectivity index (χ3n) is 5.43. The van der Waals surface area contributed by atoms with Crippen molar-refractivity contribution in [2.45, 2.75) is 33.3 Å². The lowest BCUT2D eigenvalue weighted by Gasteiger charge is -2.26. The summed E-state index contributed by atoms with van der Waals surface area (Å²) in [6.45, 7) is 11.1. The molecule has 0 saturated carbocycles. The van der Waals surface area contributed by atoms with Gasteiger partial charge in [0.25, 0.3) is 0 Å². The van der Waals surface area contributed by atoms with E-state index in [1.54, 1.807) is 0 Å². The van der Waals surface area contributed by atoms with Crippen LogP contribution in [0.5, 0.6) is 0 Å². The molecular formula is C22H28N4O2. The van der Waals surface area contributed by atoms with Gasteiger partial charge in [-0.15, -0.1) is 10.2 Å². The molecule has 6 nitrogen and oxygen atoms in total. The molecule has 0 spiro atoms. The number of hydrogen-bond donors (Lipinski definition) is 0. The molecule has 0 bridgehead atoms. The number of rotatable bonds is 2.